The number of hydrogen-bond donors (Lipinski definition) is 1. The van der Waals surface area contributed by atoms with Gasteiger partial charge in [-0.1, -0.05) is 0 Å². The Kier molecular flexibility index (Phi) is 4.12. The monoisotopic (exact) mass is 314 g/mol. The van der Waals surface area contributed by atoms with Crippen molar-refractivity contribution in [2.45, 2.75) is 6.10 Å². The first kappa shape index (κ1) is 15.0. The van der Waals surface area contributed by atoms with E-state index in [1.807, 2.05) is 0 Å². The average molecular weight is 314 g/mol. The van der Waals surface area contributed by atoms with E-state index in [0.29, 0.717) is 26.3 Å². The third kappa shape index (κ3) is 2.71. The second-order valence-electron chi connectivity index (χ2n) is 5.16. The van der Waals surface area contributed by atoms with Crippen molar-refractivity contribution in [3.05, 3.63) is 23.8 Å². The largest absolute Gasteiger partial charge is 0.441 e. The lowest BCUT2D eigenvalue weighted by atomic mass is 10.2. The molecule has 120 valence electrons. The van der Waals surface area contributed by atoms with Crippen LogP contribution in [-0.2, 0) is 9.47 Å². The molecular formula is C14H16F2N2O4. The van der Waals surface area contributed by atoms with E-state index in [0.717, 1.165) is 17.0 Å². The first-order valence-electron chi connectivity index (χ1n) is 7.01. The summed E-state index contributed by atoms with van der Waals surface area (Å²) in [5, 5.41) is 9.00. The fourth-order valence-electron chi connectivity index (χ4n) is 2.62. The number of amides is 1. The minimum absolute atomic E-state index is 0.0606. The average Bonchev–Trinajstić information content (AvgIpc) is 2.89. The van der Waals surface area contributed by atoms with Crippen LogP contribution in [-0.4, -0.2) is 56.8 Å². The number of cyclic esters (lactones) is 1. The Labute approximate surface area is 125 Å². The van der Waals surface area contributed by atoms with Gasteiger partial charge >= 0.3 is 6.09 Å². The van der Waals surface area contributed by atoms with Crippen molar-refractivity contribution in [1.82, 2.24) is 0 Å². The number of aliphatic hydroxyl groups excluding tert-OH is 1. The van der Waals surface area contributed by atoms with Crippen LogP contribution in [0.1, 0.15) is 0 Å². The highest BCUT2D eigenvalue weighted by Crippen LogP contribution is 2.31. The number of hydrogen-bond acceptors (Lipinski definition) is 5. The molecule has 1 amide bonds. The number of nitrogens with zero attached hydrogens (tertiary/aromatic N) is 2. The van der Waals surface area contributed by atoms with Gasteiger partial charge in [-0.2, -0.15) is 0 Å². The molecule has 2 fully saturated rings. The molecule has 1 aromatic carbocycles. The predicted molar refractivity (Wildman–Crippen MR) is 74.1 cm³/mol. The molecule has 0 bridgehead atoms. The van der Waals surface area contributed by atoms with E-state index in [4.69, 9.17) is 14.6 Å². The van der Waals surface area contributed by atoms with E-state index >= 15 is 0 Å². The summed E-state index contributed by atoms with van der Waals surface area (Å²) >= 11 is 0. The highest BCUT2D eigenvalue weighted by molar-refractivity contribution is 5.90. The van der Waals surface area contributed by atoms with E-state index in [-0.39, 0.29) is 24.5 Å². The summed E-state index contributed by atoms with van der Waals surface area (Å²) in [6.07, 6.45) is -1.41. The van der Waals surface area contributed by atoms with Crippen LogP contribution < -0.4 is 9.80 Å². The van der Waals surface area contributed by atoms with Crippen LogP contribution in [0.15, 0.2) is 12.1 Å². The van der Waals surface area contributed by atoms with Gasteiger partial charge in [0.25, 0.3) is 0 Å². The Morgan fingerprint density at radius 3 is 2.41 bits per heavy atom. The molecule has 0 saturated carbocycles. The van der Waals surface area contributed by atoms with Crippen molar-refractivity contribution in [2.24, 2.45) is 0 Å². The third-order valence-electron chi connectivity index (χ3n) is 3.72. The van der Waals surface area contributed by atoms with Gasteiger partial charge in [0.1, 0.15) is 11.8 Å². The van der Waals surface area contributed by atoms with Crippen molar-refractivity contribution in [2.75, 3.05) is 49.3 Å². The summed E-state index contributed by atoms with van der Waals surface area (Å²) in [7, 11) is 0. The predicted octanol–water partition coefficient (Wildman–Crippen LogP) is 1.12. The molecule has 3 rings (SSSR count). The molecule has 0 aliphatic carbocycles. The first-order chi connectivity index (χ1) is 10.6. The van der Waals surface area contributed by atoms with Crippen molar-refractivity contribution < 1.29 is 28.2 Å². The molecule has 1 atom stereocenters. The van der Waals surface area contributed by atoms with Gasteiger partial charge in [-0.05, 0) is 0 Å². The molecule has 2 saturated heterocycles. The number of aliphatic hydroxyl groups is 1. The van der Waals surface area contributed by atoms with E-state index in [1.54, 1.807) is 4.90 Å². The van der Waals surface area contributed by atoms with E-state index < -0.39 is 23.8 Å². The van der Waals surface area contributed by atoms with Crippen LogP contribution in [0.5, 0.6) is 0 Å². The second-order valence-corrected chi connectivity index (χ2v) is 5.16. The number of carbonyl (C=O) groups is 1. The summed E-state index contributed by atoms with van der Waals surface area (Å²) < 4.78 is 38.6. The Morgan fingerprint density at radius 2 is 1.86 bits per heavy atom. The van der Waals surface area contributed by atoms with Crippen molar-refractivity contribution in [1.29, 1.82) is 0 Å². The van der Waals surface area contributed by atoms with Gasteiger partial charge in [0.15, 0.2) is 11.6 Å². The molecule has 0 aromatic heterocycles. The SMILES string of the molecule is O=C1O[C@@H](CO)CN1c1cc(F)c(N2CCOCC2)c(F)c1. The Hall–Kier alpha value is -1.93. The van der Waals surface area contributed by atoms with Crippen molar-refractivity contribution >= 4 is 17.5 Å². The number of benzene rings is 1. The van der Waals surface area contributed by atoms with Gasteiger partial charge in [0.05, 0.1) is 32.1 Å². The van der Waals surface area contributed by atoms with Crippen LogP contribution >= 0.6 is 0 Å². The fourth-order valence-corrected chi connectivity index (χ4v) is 2.62. The molecule has 0 radical (unpaired) electrons. The lowest BCUT2D eigenvalue weighted by Gasteiger charge is -2.29. The fraction of sp³-hybridized carbons (Fsp3) is 0.500. The number of rotatable bonds is 3. The quantitative estimate of drug-likeness (QED) is 0.906. The zero-order valence-corrected chi connectivity index (χ0v) is 11.8. The third-order valence-corrected chi connectivity index (χ3v) is 3.72. The summed E-state index contributed by atoms with van der Waals surface area (Å²) in [5.74, 6) is -1.48. The van der Waals surface area contributed by atoms with Gasteiger partial charge in [-0.3, -0.25) is 4.90 Å². The second kappa shape index (κ2) is 6.05. The van der Waals surface area contributed by atoms with Crippen LogP contribution in [0.25, 0.3) is 0 Å². The van der Waals surface area contributed by atoms with Gasteiger partial charge in [0, 0.05) is 25.2 Å². The lowest BCUT2D eigenvalue weighted by molar-refractivity contribution is 0.0963. The van der Waals surface area contributed by atoms with E-state index in [9.17, 15) is 13.6 Å². The maximum Gasteiger partial charge on any atom is 0.414 e. The summed E-state index contributed by atoms with van der Waals surface area (Å²) in [5.41, 5.74) is -0.0359. The highest BCUT2D eigenvalue weighted by atomic mass is 19.1. The summed E-state index contributed by atoms with van der Waals surface area (Å²) in [4.78, 5) is 14.4. The molecule has 2 heterocycles. The van der Waals surface area contributed by atoms with Crippen LogP contribution in [0.4, 0.5) is 25.0 Å². The Bertz CT molecular complexity index is 555. The number of carbonyl (C=O) groups excluding carboxylic acids is 1. The molecule has 0 spiro atoms. The molecular weight excluding hydrogens is 298 g/mol. The van der Waals surface area contributed by atoms with E-state index in [2.05, 4.69) is 0 Å². The van der Waals surface area contributed by atoms with Crippen molar-refractivity contribution in [3.8, 4) is 0 Å². The maximum absolute atomic E-state index is 14.3. The molecule has 0 unspecified atom stereocenters. The number of ether oxygens (including phenoxy) is 2. The van der Waals surface area contributed by atoms with E-state index in [1.165, 1.54) is 0 Å². The number of morpholine rings is 1. The van der Waals surface area contributed by atoms with Crippen molar-refractivity contribution in [3.63, 3.8) is 0 Å². The normalized spacial score (nSPS) is 22.1. The van der Waals surface area contributed by atoms with Gasteiger partial charge < -0.3 is 19.5 Å². The Morgan fingerprint density at radius 1 is 1.23 bits per heavy atom. The molecule has 2 aliphatic heterocycles. The molecule has 1 N–H and O–H groups in total. The zero-order valence-electron chi connectivity index (χ0n) is 11.8. The van der Waals surface area contributed by atoms with Gasteiger partial charge in [0.2, 0.25) is 0 Å². The standard InChI is InChI=1S/C14H16F2N2O4/c15-11-5-9(18-7-10(8-19)22-14(18)20)6-12(16)13(11)17-1-3-21-4-2-17/h5-6,10,19H,1-4,7-8H2/t10-/m1/s1. The summed E-state index contributed by atoms with van der Waals surface area (Å²) in [6, 6.07) is 2.21. The smallest absolute Gasteiger partial charge is 0.414 e. The molecule has 6 nitrogen and oxygen atoms in total. The molecule has 2 aliphatic rings. The zero-order chi connectivity index (χ0) is 15.7. The Balaban J connectivity index is 1.87. The molecule has 1 aromatic rings. The number of halogens is 2. The molecule has 22 heavy (non-hydrogen) atoms. The topological polar surface area (TPSA) is 62.2 Å². The lowest BCUT2D eigenvalue weighted by Crippen LogP contribution is -2.37. The van der Waals surface area contributed by atoms with Gasteiger partial charge in [-0.25, -0.2) is 13.6 Å². The van der Waals surface area contributed by atoms with Gasteiger partial charge in [-0.15, -0.1) is 0 Å². The maximum atomic E-state index is 14.3. The molecule has 8 heteroatoms. The summed E-state index contributed by atoms with van der Waals surface area (Å²) in [6.45, 7) is 1.37. The highest BCUT2D eigenvalue weighted by Gasteiger charge is 2.33. The first-order valence-corrected chi connectivity index (χ1v) is 7.01. The number of anilines is 2. The minimum atomic E-state index is -0.739. The van der Waals surface area contributed by atoms with Crippen LogP contribution in [0.3, 0.4) is 0 Å². The van der Waals surface area contributed by atoms with Crippen LogP contribution in [0.2, 0.25) is 0 Å². The minimum Gasteiger partial charge on any atom is -0.441 e. The van der Waals surface area contributed by atoms with Crippen LogP contribution in [0, 0.1) is 11.6 Å².